The Morgan fingerprint density at radius 2 is 2.00 bits per heavy atom. The topological polar surface area (TPSA) is 32.3 Å². The van der Waals surface area contributed by atoms with E-state index < -0.39 is 0 Å². The average Bonchev–Trinajstić information content (AvgIpc) is 2.10. The highest BCUT2D eigenvalue weighted by Crippen LogP contribution is 2.00. The van der Waals surface area contributed by atoms with Crippen molar-refractivity contribution in [2.45, 2.75) is 32.8 Å². The van der Waals surface area contributed by atoms with Crippen molar-refractivity contribution in [2.75, 3.05) is 25.1 Å². The van der Waals surface area contributed by atoms with E-state index in [9.17, 15) is 5.11 Å². The van der Waals surface area contributed by atoms with Crippen LogP contribution in [0, 0.1) is 5.92 Å². The average molecular weight is 205 g/mol. The maximum atomic E-state index is 9.46. The lowest BCUT2D eigenvalue weighted by Crippen LogP contribution is -2.31. The van der Waals surface area contributed by atoms with Gasteiger partial charge in [-0.25, -0.2) is 0 Å². The van der Waals surface area contributed by atoms with Crippen molar-refractivity contribution in [3.8, 4) is 0 Å². The molecule has 0 aromatic rings. The minimum atomic E-state index is -0.194. The van der Waals surface area contributed by atoms with E-state index in [4.69, 9.17) is 0 Å². The molecule has 0 amide bonds. The molecule has 0 aliphatic heterocycles. The van der Waals surface area contributed by atoms with Gasteiger partial charge in [0.05, 0.1) is 6.10 Å². The van der Waals surface area contributed by atoms with Gasteiger partial charge < -0.3 is 10.4 Å². The highest BCUT2D eigenvalue weighted by atomic mass is 32.2. The molecule has 2 N–H and O–H groups in total. The van der Waals surface area contributed by atoms with Crippen molar-refractivity contribution in [1.82, 2.24) is 5.32 Å². The molecule has 0 aliphatic rings. The first-order chi connectivity index (χ1) is 6.18. The molecule has 0 saturated heterocycles. The molecule has 0 spiro atoms. The second-order valence-corrected chi connectivity index (χ2v) is 4.70. The van der Waals surface area contributed by atoms with Crippen LogP contribution >= 0.6 is 11.8 Å². The maximum Gasteiger partial charge on any atom is 0.0687 e. The molecular weight excluding hydrogens is 182 g/mol. The van der Waals surface area contributed by atoms with Gasteiger partial charge in [-0.15, -0.1) is 0 Å². The zero-order chi connectivity index (χ0) is 10.1. The summed E-state index contributed by atoms with van der Waals surface area (Å²) in [7, 11) is 0. The van der Waals surface area contributed by atoms with Crippen LogP contribution in [0.3, 0.4) is 0 Å². The van der Waals surface area contributed by atoms with Crippen LogP contribution in [-0.4, -0.2) is 36.3 Å². The molecule has 0 radical (unpaired) electrons. The Kier molecular flexibility index (Phi) is 9.03. The van der Waals surface area contributed by atoms with E-state index in [-0.39, 0.29) is 6.10 Å². The second kappa shape index (κ2) is 8.85. The van der Waals surface area contributed by atoms with Crippen molar-refractivity contribution < 1.29 is 5.11 Å². The summed E-state index contributed by atoms with van der Waals surface area (Å²) in [5.41, 5.74) is 0. The van der Waals surface area contributed by atoms with E-state index >= 15 is 0 Å². The van der Waals surface area contributed by atoms with E-state index in [1.807, 2.05) is 25.6 Å². The number of thioether (sulfide) groups is 1. The Balaban J connectivity index is 3.07. The first-order valence-electron chi connectivity index (χ1n) is 5.06. The molecule has 0 bridgehead atoms. The van der Waals surface area contributed by atoms with Crippen LogP contribution in [0.2, 0.25) is 0 Å². The molecule has 0 aliphatic carbocycles. The van der Waals surface area contributed by atoms with E-state index in [1.54, 1.807) is 0 Å². The maximum absolute atomic E-state index is 9.46. The second-order valence-electron chi connectivity index (χ2n) is 3.72. The zero-order valence-corrected chi connectivity index (χ0v) is 9.86. The van der Waals surface area contributed by atoms with Gasteiger partial charge in [0.25, 0.3) is 0 Å². The highest BCUT2D eigenvalue weighted by molar-refractivity contribution is 7.98. The summed E-state index contributed by atoms with van der Waals surface area (Å²) in [5.74, 6) is 1.60. The fraction of sp³-hybridized carbons (Fsp3) is 1.00. The molecule has 0 heterocycles. The predicted octanol–water partition coefficient (Wildman–Crippen LogP) is 1.74. The molecular formula is C10H23NOS. The summed E-state index contributed by atoms with van der Waals surface area (Å²) in [6, 6.07) is 0. The van der Waals surface area contributed by atoms with Gasteiger partial charge in [0.1, 0.15) is 0 Å². The number of unbranched alkanes of at least 4 members (excludes halogenated alkanes) is 1. The molecule has 0 rings (SSSR count). The van der Waals surface area contributed by atoms with Gasteiger partial charge in [-0.2, -0.15) is 11.8 Å². The van der Waals surface area contributed by atoms with Crippen molar-refractivity contribution >= 4 is 11.8 Å². The summed E-state index contributed by atoms with van der Waals surface area (Å²) in [6.07, 6.45) is 4.42. The molecule has 13 heavy (non-hydrogen) atoms. The lowest BCUT2D eigenvalue weighted by Gasteiger charge is -2.14. The molecule has 3 heteroatoms. The van der Waals surface area contributed by atoms with Crippen LogP contribution in [0.1, 0.15) is 26.7 Å². The summed E-state index contributed by atoms with van der Waals surface area (Å²) in [6.45, 7) is 5.85. The SMILES string of the molecule is CSCCCCNCC(O)C(C)C. The summed E-state index contributed by atoms with van der Waals surface area (Å²) in [5, 5.41) is 12.7. The Morgan fingerprint density at radius 3 is 2.54 bits per heavy atom. The number of hydrogen-bond donors (Lipinski definition) is 2. The van der Waals surface area contributed by atoms with E-state index in [1.165, 1.54) is 18.6 Å². The lowest BCUT2D eigenvalue weighted by molar-refractivity contribution is 0.124. The third-order valence-corrected chi connectivity index (χ3v) is 2.77. The number of hydrogen-bond acceptors (Lipinski definition) is 3. The third-order valence-electron chi connectivity index (χ3n) is 2.08. The zero-order valence-electron chi connectivity index (χ0n) is 9.05. The van der Waals surface area contributed by atoms with Crippen molar-refractivity contribution in [1.29, 1.82) is 0 Å². The first-order valence-corrected chi connectivity index (χ1v) is 6.45. The van der Waals surface area contributed by atoms with Gasteiger partial charge in [0.15, 0.2) is 0 Å². The van der Waals surface area contributed by atoms with Crippen LogP contribution in [-0.2, 0) is 0 Å². The van der Waals surface area contributed by atoms with Gasteiger partial charge >= 0.3 is 0 Å². The highest BCUT2D eigenvalue weighted by Gasteiger charge is 2.06. The van der Waals surface area contributed by atoms with Crippen LogP contribution in [0.5, 0.6) is 0 Å². The largest absolute Gasteiger partial charge is 0.392 e. The van der Waals surface area contributed by atoms with Crippen LogP contribution in [0.25, 0.3) is 0 Å². The van der Waals surface area contributed by atoms with Gasteiger partial charge in [0, 0.05) is 6.54 Å². The first kappa shape index (κ1) is 13.3. The molecule has 0 aromatic carbocycles. The van der Waals surface area contributed by atoms with Gasteiger partial charge in [0.2, 0.25) is 0 Å². The number of aliphatic hydroxyl groups excluding tert-OH is 1. The van der Waals surface area contributed by atoms with Gasteiger partial charge in [-0.1, -0.05) is 13.8 Å². The third kappa shape index (κ3) is 8.60. The minimum absolute atomic E-state index is 0.194. The number of aliphatic hydroxyl groups is 1. The minimum Gasteiger partial charge on any atom is -0.392 e. The molecule has 1 atom stereocenters. The fourth-order valence-electron chi connectivity index (χ4n) is 0.982. The summed E-state index contributed by atoms with van der Waals surface area (Å²) in [4.78, 5) is 0. The molecule has 1 unspecified atom stereocenters. The van der Waals surface area contributed by atoms with Gasteiger partial charge in [-0.05, 0) is 37.3 Å². The number of nitrogens with one attached hydrogen (secondary N) is 1. The van der Waals surface area contributed by atoms with E-state index in [0.717, 1.165) is 13.1 Å². The van der Waals surface area contributed by atoms with Gasteiger partial charge in [-0.3, -0.25) is 0 Å². The lowest BCUT2D eigenvalue weighted by atomic mass is 10.1. The van der Waals surface area contributed by atoms with Crippen molar-refractivity contribution in [3.05, 3.63) is 0 Å². The molecule has 0 fully saturated rings. The number of rotatable bonds is 8. The van der Waals surface area contributed by atoms with Crippen LogP contribution in [0.15, 0.2) is 0 Å². The Morgan fingerprint density at radius 1 is 1.31 bits per heavy atom. The molecule has 80 valence electrons. The standard InChI is InChI=1S/C10H23NOS/c1-9(2)10(12)8-11-6-4-5-7-13-3/h9-12H,4-8H2,1-3H3. The fourth-order valence-corrected chi connectivity index (χ4v) is 1.47. The van der Waals surface area contributed by atoms with Crippen molar-refractivity contribution in [3.63, 3.8) is 0 Å². The van der Waals surface area contributed by atoms with Crippen molar-refractivity contribution in [2.24, 2.45) is 5.92 Å². The smallest absolute Gasteiger partial charge is 0.0687 e. The normalized spacial score (nSPS) is 13.6. The monoisotopic (exact) mass is 205 g/mol. The summed E-state index contributed by atoms with van der Waals surface area (Å²) < 4.78 is 0. The predicted molar refractivity (Wildman–Crippen MR) is 61.3 cm³/mol. The quantitative estimate of drug-likeness (QED) is 0.592. The molecule has 2 nitrogen and oxygen atoms in total. The molecule has 0 saturated carbocycles. The van der Waals surface area contributed by atoms with E-state index in [2.05, 4.69) is 11.6 Å². The Labute approximate surface area is 86.5 Å². The van der Waals surface area contributed by atoms with Crippen LogP contribution in [0.4, 0.5) is 0 Å². The molecule has 0 aromatic heterocycles. The Hall–Kier alpha value is 0.270. The Bertz CT molecular complexity index is 109. The van der Waals surface area contributed by atoms with Crippen LogP contribution < -0.4 is 5.32 Å². The summed E-state index contributed by atoms with van der Waals surface area (Å²) >= 11 is 1.89. The van der Waals surface area contributed by atoms with E-state index in [0.29, 0.717) is 5.92 Å².